The van der Waals surface area contributed by atoms with Gasteiger partial charge in [0.15, 0.2) is 0 Å². The Labute approximate surface area is 198 Å². The van der Waals surface area contributed by atoms with Gasteiger partial charge in [-0.25, -0.2) is 9.18 Å². The van der Waals surface area contributed by atoms with Crippen LogP contribution in [0.2, 0.25) is 0 Å². The fraction of sp³-hybridized carbons (Fsp3) is 0.435. The van der Waals surface area contributed by atoms with Crippen molar-refractivity contribution in [3.8, 4) is 0 Å². The maximum atomic E-state index is 14.3. The summed E-state index contributed by atoms with van der Waals surface area (Å²) >= 11 is 2.71. The average Bonchev–Trinajstić information content (AvgIpc) is 3.01. The Morgan fingerprint density at radius 3 is 2.42 bits per heavy atom. The molecule has 1 aliphatic carbocycles. The lowest BCUT2D eigenvalue weighted by Gasteiger charge is -2.38. The summed E-state index contributed by atoms with van der Waals surface area (Å²) in [4.78, 5) is 25.1. The molecule has 10 heteroatoms. The van der Waals surface area contributed by atoms with Gasteiger partial charge in [-0.1, -0.05) is 30.3 Å². The lowest BCUT2D eigenvalue weighted by atomic mass is 9.86. The average molecular weight is 524 g/mol. The number of rotatable bonds is 5. The van der Waals surface area contributed by atoms with E-state index in [-0.39, 0.29) is 29.9 Å². The molecule has 1 saturated carbocycles. The number of nitro groups is 1. The summed E-state index contributed by atoms with van der Waals surface area (Å²) in [5, 5.41) is 14.3. The van der Waals surface area contributed by atoms with Gasteiger partial charge in [0.05, 0.1) is 15.4 Å². The first-order valence-corrected chi connectivity index (χ1v) is 11.5. The van der Waals surface area contributed by atoms with Gasteiger partial charge >= 0.3 is 11.8 Å². The second-order valence-corrected chi connectivity index (χ2v) is 9.77. The number of anilines is 1. The van der Waals surface area contributed by atoms with E-state index < -0.39 is 32.3 Å². The first-order valence-electron chi connectivity index (χ1n) is 10.7. The standard InChI is InChI=1S/C23H24BrF2N3O4/c1-23(2)21(13-6-4-3-5-7-13)28(22(30)33-23)15-10-8-14(9-11-15)27-17-12-16(25)18(24)19(26)20(17)29(31)32/h3-7,12,14-15,21,27H,8-11H2,1-2H3/t14?,15?,21-/m0/s1. The number of hydrogen-bond donors (Lipinski definition) is 1. The Bertz CT molecular complexity index is 1080. The van der Waals surface area contributed by atoms with Crippen LogP contribution in [-0.4, -0.2) is 33.6 Å². The molecular formula is C23H24BrF2N3O4. The smallest absolute Gasteiger partial charge is 0.411 e. The molecule has 2 aromatic carbocycles. The van der Waals surface area contributed by atoms with Gasteiger partial charge in [0.2, 0.25) is 5.82 Å². The third-order valence-electron chi connectivity index (χ3n) is 6.38. The quantitative estimate of drug-likeness (QED) is 0.281. The highest BCUT2D eigenvalue weighted by Gasteiger charge is 2.51. The highest BCUT2D eigenvalue weighted by Crippen LogP contribution is 2.45. The molecule has 2 aromatic rings. The molecule has 1 amide bonds. The van der Waals surface area contributed by atoms with Crippen molar-refractivity contribution in [3.63, 3.8) is 0 Å². The molecular weight excluding hydrogens is 500 g/mol. The normalized spacial score (nSPS) is 24.5. The molecule has 1 atom stereocenters. The van der Waals surface area contributed by atoms with Crippen molar-refractivity contribution >= 4 is 33.4 Å². The third-order valence-corrected chi connectivity index (χ3v) is 7.11. The van der Waals surface area contributed by atoms with E-state index in [2.05, 4.69) is 21.2 Å². The predicted octanol–water partition coefficient (Wildman–Crippen LogP) is 6.33. The number of nitrogens with zero attached hydrogens (tertiary/aromatic N) is 2. The van der Waals surface area contributed by atoms with Crippen LogP contribution in [0.25, 0.3) is 0 Å². The predicted molar refractivity (Wildman–Crippen MR) is 122 cm³/mol. The van der Waals surface area contributed by atoms with Crippen molar-refractivity contribution in [2.75, 3.05) is 5.32 Å². The molecule has 2 aliphatic rings. The first-order chi connectivity index (χ1) is 15.6. The van der Waals surface area contributed by atoms with Crippen molar-refractivity contribution < 1.29 is 23.2 Å². The van der Waals surface area contributed by atoms with E-state index in [1.807, 2.05) is 44.2 Å². The summed E-state index contributed by atoms with van der Waals surface area (Å²) in [5.74, 6) is -2.16. The molecule has 33 heavy (non-hydrogen) atoms. The van der Waals surface area contributed by atoms with E-state index in [0.29, 0.717) is 25.7 Å². The van der Waals surface area contributed by atoms with Crippen LogP contribution in [0.1, 0.15) is 51.1 Å². The molecule has 0 aromatic heterocycles. The van der Waals surface area contributed by atoms with Gasteiger partial charge in [0.1, 0.15) is 17.1 Å². The fourth-order valence-electron chi connectivity index (χ4n) is 4.92. The van der Waals surface area contributed by atoms with E-state index in [1.54, 1.807) is 4.90 Å². The van der Waals surface area contributed by atoms with Crippen LogP contribution in [0.15, 0.2) is 40.9 Å². The van der Waals surface area contributed by atoms with Crippen LogP contribution in [0.5, 0.6) is 0 Å². The summed E-state index contributed by atoms with van der Waals surface area (Å²) in [6.07, 6.45) is 2.04. The van der Waals surface area contributed by atoms with Gasteiger partial charge in [-0.3, -0.25) is 15.0 Å². The molecule has 1 aliphatic heterocycles. The zero-order valence-corrected chi connectivity index (χ0v) is 19.8. The largest absolute Gasteiger partial charge is 0.441 e. The maximum Gasteiger partial charge on any atom is 0.411 e. The monoisotopic (exact) mass is 523 g/mol. The molecule has 4 rings (SSSR count). The van der Waals surface area contributed by atoms with Gasteiger partial charge in [-0.05, 0) is 61.0 Å². The number of carbonyl (C=O) groups is 1. The summed E-state index contributed by atoms with van der Waals surface area (Å²) in [5.41, 5.74) is -0.685. The van der Waals surface area contributed by atoms with Crippen LogP contribution >= 0.6 is 15.9 Å². The zero-order chi connectivity index (χ0) is 23.9. The Balaban J connectivity index is 1.50. The van der Waals surface area contributed by atoms with Crippen molar-refractivity contribution in [1.82, 2.24) is 4.90 Å². The number of nitrogens with one attached hydrogen (secondary N) is 1. The molecule has 0 spiro atoms. The van der Waals surface area contributed by atoms with Crippen LogP contribution in [0.4, 0.5) is 25.0 Å². The number of carbonyl (C=O) groups excluding carboxylic acids is 1. The van der Waals surface area contributed by atoms with E-state index in [1.165, 1.54) is 0 Å². The molecule has 2 fully saturated rings. The Morgan fingerprint density at radius 1 is 1.18 bits per heavy atom. The van der Waals surface area contributed by atoms with E-state index in [4.69, 9.17) is 4.74 Å². The summed E-state index contributed by atoms with van der Waals surface area (Å²) in [6.45, 7) is 3.79. The molecule has 1 saturated heterocycles. The summed E-state index contributed by atoms with van der Waals surface area (Å²) < 4.78 is 33.4. The highest BCUT2D eigenvalue weighted by molar-refractivity contribution is 9.10. The Hall–Kier alpha value is -2.75. The van der Waals surface area contributed by atoms with Gasteiger partial charge in [-0.15, -0.1) is 0 Å². The Morgan fingerprint density at radius 2 is 1.82 bits per heavy atom. The number of cyclic esters (lactones) is 1. The van der Waals surface area contributed by atoms with Crippen LogP contribution in [0, 0.1) is 21.7 Å². The maximum absolute atomic E-state index is 14.3. The topological polar surface area (TPSA) is 84.7 Å². The lowest BCUT2D eigenvalue weighted by Crippen LogP contribution is -2.44. The van der Waals surface area contributed by atoms with Gasteiger partial charge < -0.3 is 10.1 Å². The minimum atomic E-state index is -1.25. The number of benzene rings is 2. The fourth-order valence-corrected chi connectivity index (χ4v) is 5.23. The molecule has 7 nitrogen and oxygen atoms in total. The molecule has 176 valence electrons. The van der Waals surface area contributed by atoms with E-state index in [9.17, 15) is 23.7 Å². The molecule has 0 radical (unpaired) electrons. The molecule has 0 bridgehead atoms. The lowest BCUT2D eigenvalue weighted by molar-refractivity contribution is -0.386. The van der Waals surface area contributed by atoms with Crippen molar-refractivity contribution in [2.24, 2.45) is 0 Å². The molecule has 1 heterocycles. The van der Waals surface area contributed by atoms with Crippen LogP contribution in [-0.2, 0) is 4.74 Å². The number of hydrogen-bond acceptors (Lipinski definition) is 5. The van der Waals surface area contributed by atoms with Crippen LogP contribution < -0.4 is 5.32 Å². The van der Waals surface area contributed by atoms with Gasteiger partial charge in [0, 0.05) is 18.2 Å². The first kappa shape index (κ1) is 23.4. The van der Waals surface area contributed by atoms with E-state index in [0.717, 1.165) is 11.6 Å². The second-order valence-electron chi connectivity index (χ2n) is 8.98. The molecule has 1 N–H and O–H groups in total. The van der Waals surface area contributed by atoms with Gasteiger partial charge in [-0.2, -0.15) is 4.39 Å². The van der Waals surface area contributed by atoms with Crippen molar-refractivity contribution in [2.45, 2.75) is 63.3 Å². The SMILES string of the molecule is CC1(C)OC(=O)N(C2CCC(Nc3cc(F)c(Br)c(F)c3[N+](=O)[O-])CC2)[C@H]1c1ccccc1. The number of nitro benzene ring substituents is 1. The summed E-state index contributed by atoms with van der Waals surface area (Å²) in [6, 6.07) is 10.1. The third kappa shape index (κ3) is 4.40. The zero-order valence-electron chi connectivity index (χ0n) is 18.2. The minimum absolute atomic E-state index is 0.0732. The van der Waals surface area contributed by atoms with Gasteiger partial charge in [0.25, 0.3) is 0 Å². The van der Waals surface area contributed by atoms with E-state index >= 15 is 0 Å². The van der Waals surface area contributed by atoms with Crippen molar-refractivity contribution in [3.05, 3.63) is 68.2 Å². The number of ether oxygens (including phenoxy) is 1. The second kappa shape index (κ2) is 8.89. The Kier molecular flexibility index (Phi) is 6.30. The summed E-state index contributed by atoms with van der Waals surface area (Å²) in [7, 11) is 0. The minimum Gasteiger partial charge on any atom is -0.441 e. The van der Waals surface area contributed by atoms with Crippen LogP contribution in [0.3, 0.4) is 0 Å². The number of amides is 1. The number of halogens is 3. The highest BCUT2D eigenvalue weighted by atomic mass is 79.9. The molecule has 0 unspecified atom stereocenters. The van der Waals surface area contributed by atoms with Crippen molar-refractivity contribution in [1.29, 1.82) is 0 Å².